The Labute approximate surface area is 150 Å². The van der Waals surface area contributed by atoms with E-state index in [2.05, 4.69) is 36.1 Å². The van der Waals surface area contributed by atoms with Gasteiger partial charge in [-0.2, -0.15) is 0 Å². The molecule has 24 heavy (non-hydrogen) atoms. The summed E-state index contributed by atoms with van der Waals surface area (Å²) in [5, 5.41) is 0. The average molecular weight is 350 g/mol. The zero-order chi connectivity index (χ0) is 17.2. The summed E-state index contributed by atoms with van der Waals surface area (Å²) < 4.78 is 0. The molecule has 5 heteroatoms. The number of halogens is 1. The first-order valence-electron chi connectivity index (χ1n) is 8.94. The van der Waals surface area contributed by atoms with Crippen molar-refractivity contribution in [1.82, 2.24) is 14.8 Å². The van der Waals surface area contributed by atoms with Gasteiger partial charge in [0, 0.05) is 31.6 Å². The molecule has 1 aliphatic heterocycles. The predicted octanol–water partition coefficient (Wildman–Crippen LogP) is 3.26. The van der Waals surface area contributed by atoms with Crippen LogP contribution in [0.2, 0.25) is 0 Å². The Hall–Kier alpha value is -1.13. The summed E-state index contributed by atoms with van der Waals surface area (Å²) >= 11 is 5.79. The Kier molecular flexibility index (Phi) is 5.16. The summed E-state index contributed by atoms with van der Waals surface area (Å²) in [6.07, 6.45) is 7.79. The average Bonchev–Trinajstić information content (AvgIpc) is 2.90. The second kappa shape index (κ2) is 7.01. The van der Waals surface area contributed by atoms with E-state index in [0.29, 0.717) is 18.2 Å². The van der Waals surface area contributed by atoms with Gasteiger partial charge in [-0.3, -0.25) is 14.7 Å². The maximum Gasteiger partial charge on any atom is 0.223 e. The zero-order valence-electron chi connectivity index (χ0n) is 14.8. The number of hydrogen-bond acceptors (Lipinski definition) is 3. The maximum atomic E-state index is 12.4. The molecule has 0 atom stereocenters. The van der Waals surface area contributed by atoms with Crippen molar-refractivity contribution in [3.63, 3.8) is 0 Å². The van der Waals surface area contributed by atoms with Crippen molar-refractivity contribution >= 4 is 17.5 Å². The summed E-state index contributed by atoms with van der Waals surface area (Å²) in [6.45, 7) is 1.72. The number of nitrogens with zero attached hydrogens (tertiary/aromatic N) is 3. The van der Waals surface area contributed by atoms with Crippen molar-refractivity contribution in [3.05, 3.63) is 30.1 Å². The maximum absolute atomic E-state index is 12.4. The molecule has 2 fully saturated rings. The van der Waals surface area contributed by atoms with Crippen LogP contribution in [0.5, 0.6) is 0 Å². The topological polar surface area (TPSA) is 36.4 Å². The number of carbonyl (C=O) groups is 1. The van der Waals surface area contributed by atoms with Crippen LogP contribution in [0, 0.1) is 5.41 Å². The first kappa shape index (κ1) is 17.7. The molecule has 1 saturated carbocycles. The fraction of sp³-hybridized carbons (Fsp3) is 0.684. The molecular weight excluding hydrogens is 322 g/mol. The second-order valence-corrected chi connectivity index (χ2v) is 8.05. The number of pyridine rings is 1. The monoisotopic (exact) mass is 349 g/mol. The molecule has 4 nitrogen and oxygen atoms in total. The summed E-state index contributed by atoms with van der Waals surface area (Å²) in [5.74, 6) is 0.940. The molecule has 0 unspecified atom stereocenters. The van der Waals surface area contributed by atoms with E-state index in [1.165, 1.54) is 0 Å². The van der Waals surface area contributed by atoms with Crippen LogP contribution in [-0.4, -0.2) is 53.8 Å². The van der Waals surface area contributed by atoms with Crippen molar-refractivity contribution in [2.45, 2.75) is 44.1 Å². The highest BCUT2D eigenvalue weighted by Crippen LogP contribution is 2.51. The Morgan fingerprint density at radius 2 is 2.00 bits per heavy atom. The number of amides is 1. The lowest BCUT2D eigenvalue weighted by Gasteiger charge is -2.48. The van der Waals surface area contributed by atoms with Gasteiger partial charge in [-0.25, -0.2) is 0 Å². The number of aromatic nitrogens is 1. The van der Waals surface area contributed by atoms with E-state index in [1.807, 2.05) is 17.2 Å². The van der Waals surface area contributed by atoms with Crippen molar-refractivity contribution in [3.8, 4) is 0 Å². The van der Waals surface area contributed by atoms with Crippen LogP contribution in [0.15, 0.2) is 24.4 Å². The normalized spacial score (nSPS) is 30.5. The fourth-order valence-electron chi connectivity index (χ4n) is 4.54. The van der Waals surface area contributed by atoms with Crippen LogP contribution in [0.3, 0.4) is 0 Å². The molecule has 0 radical (unpaired) electrons. The van der Waals surface area contributed by atoms with Crippen molar-refractivity contribution in [1.29, 1.82) is 0 Å². The summed E-state index contributed by atoms with van der Waals surface area (Å²) in [5.41, 5.74) is 1.32. The van der Waals surface area contributed by atoms with Gasteiger partial charge in [-0.05, 0) is 63.7 Å². The molecule has 3 rings (SSSR count). The summed E-state index contributed by atoms with van der Waals surface area (Å²) in [6, 6.07) is 6.19. The highest BCUT2D eigenvalue weighted by molar-refractivity contribution is 6.17. The van der Waals surface area contributed by atoms with Gasteiger partial charge in [0.1, 0.15) is 0 Å². The van der Waals surface area contributed by atoms with Crippen LogP contribution in [0.25, 0.3) is 0 Å². The van der Waals surface area contributed by atoms with Gasteiger partial charge in [0.05, 0.1) is 11.2 Å². The first-order chi connectivity index (χ1) is 11.5. The third-order valence-corrected chi connectivity index (χ3v) is 6.37. The SMILES string of the molecule is CN(C)[C@]1(c2ccccn2)CC[C@@]2(CC1)CC(=O)N(CCCCl)C2. The van der Waals surface area contributed by atoms with Crippen LogP contribution in [-0.2, 0) is 10.3 Å². The van der Waals surface area contributed by atoms with Gasteiger partial charge in [0.2, 0.25) is 5.91 Å². The Morgan fingerprint density at radius 1 is 1.25 bits per heavy atom. The third kappa shape index (κ3) is 3.18. The van der Waals surface area contributed by atoms with Crippen LogP contribution in [0.4, 0.5) is 0 Å². The van der Waals surface area contributed by atoms with Gasteiger partial charge in [-0.1, -0.05) is 6.07 Å². The number of likely N-dealkylation sites (tertiary alicyclic amines) is 1. The van der Waals surface area contributed by atoms with E-state index in [1.54, 1.807) is 0 Å². The lowest BCUT2D eigenvalue weighted by molar-refractivity contribution is -0.127. The zero-order valence-corrected chi connectivity index (χ0v) is 15.6. The largest absolute Gasteiger partial charge is 0.342 e. The van der Waals surface area contributed by atoms with Crippen LogP contribution in [0.1, 0.15) is 44.2 Å². The molecule has 1 saturated heterocycles. The van der Waals surface area contributed by atoms with E-state index in [4.69, 9.17) is 11.6 Å². The van der Waals surface area contributed by atoms with Crippen molar-refractivity contribution in [2.75, 3.05) is 33.1 Å². The van der Waals surface area contributed by atoms with Gasteiger partial charge in [0.25, 0.3) is 0 Å². The highest BCUT2D eigenvalue weighted by atomic mass is 35.5. The lowest BCUT2D eigenvalue weighted by atomic mass is 9.65. The van der Waals surface area contributed by atoms with E-state index in [0.717, 1.165) is 50.9 Å². The molecule has 1 aromatic heterocycles. The predicted molar refractivity (Wildman–Crippen MR) is 97.0 cm³/mol. The minimum Gasteiger partial charge on any atom is -0.342 e. The summed E-state index contributed by atoms with van der Waals surface area (Å²) in [7, 11) is 4.30. The number of hydrogen-bond donors (Lipinski definition) is 0. The van der Waals surface area contributed by atoms with Gasteiger partial charge < -0.3 is 4.90 Å². The molecule has 1 spiro atoms. The molecule has 2 aliphatic rings. The Morgan fingerprint density at radius 3 is 2.58 bits per heavy atom. The molecule has 1 aliphatic carbocycles. The quantitative estimate of drug-likeness (QED) is 0.765. The highest BCUT2D eigenvalue weighted by Gasteiger charge is 2.50. The van der Waals surface area contributed by atoms with E-state index in [-0.39, 0.29) is 11.0 Å². The first-order valence-corrected chi connectivity index (χ1v) is 9.48. The molecule has 1 amide bonds. The fourth-order valence-corrected chi connectivity index (χ4v) is 4.65. The van der Waals surface area contributed by atoms with Gasteiger partial charge >= 0.3 is 0 Å². The molecule has 0 aromatic carbocycles. The van der Waals surface area contributed by atoms with Gasteiger partial charge in [0.15, 0.2) is 0 Å². The van der Waals surface area contributed by atoms with Crippen molar-refractivity contribution in [2.24, 2.45) is 5.41 Å². The Bertz CT molecular complexity index is 567. The minimum absolute atomic E-state index is 0.000877. The van der Waals surface area contributed by atoms with E-state index < -0.39 is 0 Å². The molecule has 132 valence electrons. The van der Waals surface area contributed by atoms with Crippen molar-refractivity contribution < 1.29 is 4.79 Å². The minimum atomic E-state index is -0.000877. The number of rotatable bonds is 5. The van der Waals surface area contributed by atoms with E-state index >= 15 is 0 Å². The molecule has 0 bridgehead atoms. The standard InChI is InChI=1S/C19H28ClN3O/c1-22(2)19(16-6-3-4-12-21-16)9-7-18(8-10-19)14-17(24)23(15-18)13-5-11-20/h3-4,6,12H,5,7-11,13-15H2,1-2H3/t18-,19-. The second-order valence-electron chi connectivity index (χ2n) is 7.68. The van der Waals surface area contributed by atoms with Crippen LogP contribution >= 0.6 is 11.6 Å². The Balaban J connectivity index is 1.74. The van der Waals surface area contributed by atoms with E-state index in [9.17, 15) is 4.79 Å². The lowest BCUT2D eigenvalue weighted by Crippen LogP contribution is -2.48. The van der Waals surface area contributed by atoms with Gasteiger partial charge in [-0.15, -0.1) is 11.6 Å². The third-order valence-electron chi connectivity index (χ3n) is 6.10. The molecule has 0 N–H and O–H groups in total. The smallest absolute Gasteiger partial charge is 0.223 e. The number of alkyl halides is 1. The van der Waals surface area contributed by atoms with Crippen LogP contribution < -0.4 is 0 Å². The molecular formula is C19H28ClN3O. The molecule has 2 heterocycles. The number of carbonyl (C=O) groups excluding carboxylic acids is 1. The molecule has 1 aromatic rings. The summed E-state index contributed by atoms with van der Waals surface area (Å²) in [4.78, 5) is 21.4.